The predicted molar refractivity (Wildman–Crippen MR) is 126 cm³/mol. The lowest BCUT2D eigenvalue weighted by Gasteiger charge is -2.33. The highest BCUT2D eigenvalue weighted by Gasteiger charge is 2.25. The number of rotatable bonds is 7. The molecule has 32 heavy (non-hydrogen) atoms. The third-order valence-corrected chi connectivity index (χ3v) is 8.65. The van der Waals surface area contributed by atoms with E-state index in [1.54, 1.807) is 42.5 Å². The van der Waals surface area contributed by atoms with Crippen LogP contribution in [0.3, 0.4) is 0 Å². The number of para-hydroxylation sites is 1. The van der Waals surface area contributed by atoms with Crippen LogP contribution in [0, 0.1) is 6.92 Å². The molecule has 9 heteroatoms. The fourth-order valence-corrected chi connectivity index (χ4v) is 6.25. The molecule has 0 aliphatic carbocycles. The number of hydrogen-bond acceptors (Lipinski definition) is 7. The second-order valence-electron chi connectivity index (χ2n) is 7.57. The second kappa shape index (κ2) is 8.90. The molecule has 3 aromatic carbocycles. The Morgan fingerprint density at radius 1 is 0.844 bits per heavy atom. The average Bonchev–Trinajstić information content (AvgIpc) is 2.75. The summed E-state index contributed by atoms with van der Waals surface area (Å²) in [5.74, 6) is 0. The van der Waals surface area contributed by atoms with Crippen molar-refractivity contribution in [2.45, 2.75) is 32.9 Å². The van der Waals surface area contributed by atoms with Gasteiger partial charge < -0.3 is 4.90 Å². The molecule has 0 unspecified atom stereocenters. The van der Waals surface area contributed by atoms with Crippen molar-refractivity contribution >= 4 is 43.1 Å². The lowest BCUT2D eigenvalue weighted by molar-refractivity contribution is 0.314. The first-order valence-electron chi connectivity index (χ1n) is 10.00. The highest BCUT2D eigenvalue weighted by atomic mass is 32.2. The second-order valence-corrected chi connectivity index (χ2v) is 12.3. The van der Waals surface area contributed by atoms with Gasteiger partial charge in [0.05, 0.1) is 27.8 Å². The highest BCUT2D eigenvalue weighted by Crippen LogP contribution is 2.48. The van der Waals surface area contributed by atoms with Crippen molar-refractivity contribution in [1.82, 2.24) is 0 Å². The molecule has 3 aromatic rings. The van der Waals surface area contributed by atoms with Crippen LogP contribution in [0.1, 0.15) is 12.0 Å². The zero-order valence-electron chi connectivity index (χ0n) is 17.7. The van der Waals surface area contributed by atoms with E-state index in [2.05, 4.69) is 4.90 Å². The van der Waals surface area contributed by atoms with Crippen molar-refractivity contribution in [2.24, 2.45) is 0 Å². The van der Waals surface area contributed by atoms with Crippen molar-refractivity contribution in [3.63, 3.8) is 0 Å². The van der Waals surface area contributed by atoms with E-state index in [-0.39, 0.29) is 16.4 Å². The Bertz CT molecular complexity index is 1350. The number of fused-ring (bicyclic) bond motifs is 2. The standard InChI is InChI=1S/C23H23NO5S3/c1-17-8-10-18(11-9-17)32(27,28)29-15-5-14-24-20-6-3-4-7-22(20)30-23-16-19(31(2,25)26)12-13-21(23)24/h3-4,6-13,16H,5,14-15H2,1-2H3. The molecule has 0 saturated carbocycles. The lowest BCUT2D eigenvalue weighted by atomic mass is 10.2. The number of benzene rings is 3. The zero-order valence-corrected chi connectivity index (χ0v) is 20.1. The van der Waals surface area contributed by atoms with Crippen LogP contribution in [0.5, 0.6) is 0 Å². The van der Waals surface area contributed by atoms with Crippen LogP contribution >= 0.6 is 11.8 Å². The first-order chi connectivity index (χ1) is 15.1. The first kappa shape index (κ1) is 22.8. The molecule has 4 rings (SSSR count). The summed E-state index contributed by atoms with van der Waals surface area (Å²) in [7, 11) is -7.13. The minimum absolute atomic E-state index is 0.0405. The molecular weight excluding hydrogens is 466 g/mol. The maximum absolute atomic E-state index is 12.4. The summed E-state index contributed by atoms with van der Waals surface area (Å²) < 4.78 is 54.1. The summed E-state index contributed by atoms with van der Waals surface area (Å²) in [4.78, 5) is 4.35. The summed E-state index contributed by atoms with van der Waals surface area (Å²) in [5, 5.41) is 0. The molecule has 0 fully saturated rings. The Morgan fingerprint density at radius 3 is 2.22 bits per heavy atom. The molecule has 1 aliphatic heterocycles. The van der Waals surface area contributed by atoms with Crippen LogP contribution in [-0.4, -0.2) is 36.2 Å². The molecule has 0 amide bonds. The van der Waals surface area contributed by atoms with E-state index in [9.17, 15) is 16.8 Å². The quantitative estimate of drug-likeness (QED) is 0.348. The van der Waals surface area contributed by atoms with Crippen LogP contribution in [0.15, 0.2) is 86.3 Å². The topological polar surface area (TPSA) is 80.8 Å². The van der Waals surface area contributed by atoms with Gasteiger partial charge in [0, 0.05) is 22.6 Å². The van der Waals surface area contributed by atoms with Gasteiger partial charge in [-0.25, -0.2) is 8.42 Å². The molecule has 1 heterocycles. The Hall–Kier alpha value is -2.33. The van der Waals surface area contributed by atoms with Crippen molar-refractivity contribution in [3.8, 4) is 0 Å². The molecular formula is C23H23NO5S3. The first-order valence-corrected chi connectivity index (χ1v) is 14.1. The van der Waals surface area contributed by atoms with E-state index in [0.29, 0.717) is 13.0 Å². The third-order valence-electron chi connectivity index (χ3n) is 5.10. The summed E-state index contributed by atoms with van der Waals surface area (Å²) in [5.41, 5.74) is 2.87. The van der Waals surface area contributed by atoms with E-state index >= 15 is 0 Å². The van der Waals surface area contributed by atoms with Crippen LogP contribution in [0.25, 0.3) is 0 Å². The number of anilines is 2. The summed E-state index contributed by atoms with van der Waals surface area (Å²) in [6.45, 7) is 2.45. The molecule has 0 saturated heterocycles. The predicted octanol–water partition coefficient (Wildman–Crippen LogP) is 4.80. The van der Waals surface area contributed by atoms with Crippen LogP contribution < -0.4 is 4.90 Å². The van der Waals surface area contributed by atoms with Gasteiger partial charge in [-0.05, 0) is 55.8 Å². The van der Waals surface area contributed by atoms with Crippen molar-refractivity contribution < 1.29 is 21.0 Å². The fourth-order valence-electron chi connectivity index (χ4n) is 3.45. The van der Waals surface area contributed by atoms with E-state index in [1.165, 1.54) is 18.0 Å². The van der Waals surface area contributed by atoms with E-state index in [0.717, 1.165) is 26.7 Å². The van der Waals surface area contributed by atoms with Gasteiger partial charge in [-0.1, -0.05) is 41.6 Å². The largest absolute Gasteiger partial charge is 0.340 e. The Kier molecular flexibility index (Phi) is 6.35. The normalized spacial score (nSPS) is 13.5. The van der Waals surface area contributed by atoms with Crippen LogP contribution in [-0.2, 0) is 24.1 Å². The number of sulfone groups is 1. The van der Waals surface area contributed by atoms with Crippen molar-refractivity contribution in [1.29, 1.82) is 0 Å². The molecule has 0 aromatic heterocycles. The van der Waals surface area contributed by atoms with Gasteiger partial charge in [0.15, 0.2) is 9.84 Å². The molecule has 0 N–H and O–H groups in total. The monoisotopic (exact) mass is 489 g/mol. The molecule has 0 spiro atoms. The minimum Gasteiger partial charge on any atom is -0.340 e. The van der Waals surface area contributed by atoms with E-state index < -0.39 is 20.0 Å². The maximum Gasteiger partial charge on any atom is 0.296 e. The summed E-state index contributed by atoms with van der Waals surface area (Å²) in [6, 6.07) is 19.5. The highest BCUT2D eigenvalue weighted by molar-refractivity contribution is 7.99. The van der Waals surface area contributed by atoms with Gasteiger partial charge in [-0.2, -0.15) is 8.42 Å². The third kappa shape index (κ3) is 4.85. The van der Waals surface area contributed by atoms with Gasteiger partial charge in [-0.15, -0.1) is 0 Å². The molecule has 0 atom stereocenters. The lowest BCUT2D eigenvalue weighted by Crippen LogP contribution is -2.23. The van der Waals surface area contributed by atoms with Crippen molar-refractivity contribution in [3.05, 3.63) is 72.3 Å². The SMILES string of the molecule is Cc1ccc(S(=O)(=O)OCCCN2c3ccccc3Sc3cc(S(C)(=O)=O)ccc32)cc1. The Labute approximate surface area is 193 Å². The van der Waals surface area contributed by atoms with Crippen LogP contribution in [0.2, 0.25) is 0 Å². The van der Waals surface area contributed by atoms with Crippen LogP contribution in [0.4, 0.5) is 11.4 Å². The molecule has 6 nitrogen and oxygen atoms in total. The van der Waals surface area contributed by atoms with Gasteiger partial charge in [-0.3, -0.25) is 4.18 Å². The molecule has 0 radical (unpaired) electrons. The summed E-state index contributed by atoms with van der Waals surface area (Å²) in [6.07, 6.45) is 1.66. The Morgan fingerprint density at radius 2 is 1.50 bits per heavy atom. The maximum atomic E-state index is 12.4. The Balaban J connectivity index is 1.52. The van der Waals surface area contributed by atoms with E-state index in [4.69, 9.17) is 4.18 Å². The summed E-state index contributed by atoms with van der Waals surface area (Å²) >= 11 is 1.53. The number of aryl methyl sites for hydroxylation is 1. The van der Waals surface area contributed by atoms with Crippen molar-refractivity contribution in [2.75, 3.05) is 24.3 Å². The zero-order chi connectivity index (χ0) is 22.9. The van der Waals surface area contributed by atoms with E-state index in [1.807, 2.05) is 31.2 Å². The van der Waals surface area contributed by atoms with Gasteiger partial charge in [0.2, 0.25) is 0 Å². The number of nitrogens with zero attached hydrogens (tertiary/aromatic N) is 1. The van der Waals surface area contributed by atoms with Gasteiger partial charge in [0.25, 0.3) is 10.1 Å². The minimum atomic E-state index is -3.81. The molecule has 168 valence electrons. The molecule has 1 aliphatic rings. The average molecular weight is 490 g/mol. The molecule has 0 bridgehead atoms. The fraction of sp³-hybridized carbons (Fsp3) is 0.217. The van der Waals surface area contributed by atoms with Gasteiger partial charge >= 0.3 is 0 Å². The smallest absolute Gasteiger partial charge is 0.296 e. The number of hydrogen-bond donors (Lipinski definition) is 0. The van der Waals surface area contributed by atoms with Gasteiger partial charge in [0.1, 0.15) is 0 Å².